The molecule has 8 nitrogen and oxygen atoms in total. The zero-order valence-electron chi connectivity index (χ0n) is 18.7. The van der Waals surface area contributed by atoms with Gasteiger partial charge in [-0.15, -0.1) is 0 Å². The van der Waals surface area contributed by atoms with Crippen LogP contribution < -0.4 is 19.8 Å². The summed E-state index contributed by atoms with van der Waals surface area (Å²) < 4.78 is 44.6. The number of ether oxygens (including phenoxy) is 3. The lowest BCUT2D eigenvalue weighted by molar-refractivity contribution is 0.174. The fourth-order valence-electron chi connectivity index (χ4n) is 3.90. The number of halogens is 1. The summed E-state index contributed by atoms with van der Waals surface area (Å²) in [4.78, 5) is 15.7. The predicted octanol–water partition coefficient (Wildman–Crippen LogP) is 4.31. The summed E-state index contributed by atoms with van der Waals surface area (Å²) in [6, 6.07) is 18.4. The van der Waals surface area contributed by atoms with Gasteiger partial charge in [0.05, 0.1) is 17.6 Å². The molecule has 0 spiro atoms. The number of H-pyrrole nitrogens is 1. The minimum absolute atomic E-state index is 0.0240. The highest BCUT2D eigenvalue weighted by Crippen LogP contribution is 2.35. The van der Waals surface area contributed by atoms with Gasteiger partial charge in [0.2, 0.25) is 16.8 Å². The van der Waals surface area contributed by atoms with Crippen LogP contribution in [0.15, 0.2) is 76.4 Å². The average Bonchev–Trinajstić information content (AvgIpc) is 3.30. The van der Waals surface area contributed by atoms with Crippen molar-refractivity contribution in [3.63, 3.8) is 0 Å². The number of aromatic amines is 1. The Morgan fingerprint density at radius 3 is 2.43 bits per heavy atom. The van der Waals surface area contributed by atoms with Crippen LogP contribution >= 0.6 is 11.6 Å². The molecule has 35 heavy (non-hydrogen) atoms. The van der Waals surface area contributed by atoms with Crippen molar-refractivity contribution in [3.8, 4) is 17.2 Å². The summed E-state index contributed by atoms with van der Waals surface area (Å²) in [6.45, 7) is -0.0378. The highest BCUT2D eigenvalue weighted by molar-refractivity contribution is 7.89. The van der Waals surface area contributed by atoms with Crippen molar-refractivity contribution in [1.29, 1.82) is 0 Å². The minimum Gasteiger partial charge on any atom is -0.497 e. The Morgan fingerprint density at radius 2 is 1.71 bits per heavy atom. The van der Waals surface area contributed by atoms with Crippen LogP contribution in [0.1, 0.15) is 11.1 Å². The van der Waals surface area contributed by atoms with E-state index in [1.165, 1.54) is 16.4 Å². The molecule has 0 bridgehead atoms. The lowest BCUT2D eigenvalue weighted by Gasteiger charge is -2.23. The van der Waals surface area contributed by atoms with Crippen molar-refractivity contribution in [1.82, 2.24) is 9.29 Å². The van der Waals surface area contributed by atoms with Gasteiger partial charge in [-0.25, -0.2) is 8.42 Å². The molecule has 3 aromatic carbocycles. The van der Waals surface area contributed by atoms with Crippen LogP contribution in [0.25, 0.3) is 10.9 Å². The molecule has 0 atom stereocenters. The van der Waals surface area contributed by atoms with E-state index in [4.69, 9.17) is 25.8 Å². The van der Waals surface area contributed by atoms with Gasteiger partial charge in [-0.05, 0) is 42.0 Å². The number of nitrogens with zero attached hydrogens (tertiary/aromatic N) is 1. The van der Waals surface area contributed by atoms with Crippen molar-refractivity contribution < 1.29 is 22.6 Å². The third-order valence-corrected chi connectivity index (χ3v) is 8.02. The lowest BCUT2D eigenvalue weighted by Crippen LogP contribution is -2.32. The van der Waals surface area contributed by atoms with E-state index in [0.717, 1.165) is 5.56 Å². The first-order valence-electron chi connectivity index (χ1n) is 10.7. The van der Waals surface area contributed by atoms with Crippen LogP contribution in [0, 0.1) is 0 Å². The van der Waals surface area contributed by atoms with Crippen molar-refractivity contribution in [3.05, 3.63) is 93.2 Å². The fourth-order valence-corrected chi connectivity index (χ4v) is 5.80. The van der Waals surface area contributed by atoms with Gasteiger partial charge in [0, 0.05) is 30.1 Å². The normalized spacial score (nSPS) is 12.9. The van der Waals surface area contributed by atoms with Gasteiger partial charge < -0.3 is 19.2 Å². The van der Waals surface area contributed by atoms with Gasteiger partial charge in [0.25, 0.3) is 5.56 Å². The number of fused-ring (bicyclic) bond motifs is 2. The molecule has 180 valence electrons. The third kappa shape index (κ3) is 4.58. The largest absolute Gasteiger partial charge is 0.497 e. The summed E-state index contributed by atoms with van der Waals surface area (Å²) in [5.74, 6) is 1.76. The van der Waals surface area contributed by atoms with E-state index in [2.05, 4.69) is 4.98 Å². The van der Waals surface area contributed by atoms with Gasteiger partial charge in [-0.1, -0.05) is 35.9 Å². The Morgan fingerprint density at radius 1 is 1.00 bits per heavy atom. The van der Waals surface area contributed by atoms with E-state index < -0.39 is 15.6 Å². The topological polar surface area (TPSA) is 97.9 Å². The van der Waals surface area contributed by atoms with Gasteiger partial charge in [-0.2, -0.15) is 4.31 Å². The Hall–Kier alpha value is -3.53. The van der Waals surface area contributed by atoms with Crippen LogP contribution in [0.3, 0.4) is 0 Å². The molecule has 0 unspecified atom stereocenters. The van der Waals surface area contributed by atoms with Crippen molar-refractivity contribution in [2.24, 2.45) is 0 Å². The van der Waals surface area contributed by atoms with Crippen LogP contribution in [0.5, 0.6) is 17.2 Å². The quantitative estimate of drug-likeness (QED) is 0.396. The number of methoxy groups -OCH3 is 1. The molecule has 1 N–H and O–H groups in total. The zero-order valence-corrected chi connectivity index (χ0v) is 20.2. The summed E-state index contributed by atoms with van der Waals surface area (Å²) in [6.07, 6.45) is 0. The first kappa shape index (κ1) is 23.2. The summed E-state index contributed by atoms with van der Waals surface area (Å²) >= 11 is 6.25. The third-order valence-electron chi connectivity index (χ3n) is 5.73. The number of sulfonamides is 1. The number of aromatic nitrogens is 1. The molecule has 1 aromatic heterocycles. The second-order valence-corrected chi connectivity index (χ2v) is 10.3. The number of hydrogen-bond acceptors (Lipinski definition) is 6. The van der Waals surface area contributed by atoms with E-state index in [1.54, 1.807) is 61.7 Å². The molecule has 5 rings (SSSR count). The number of benzene rings is 3. The molecular formula is C25H21ClN2O6S. The summed E-state index contributed by atoms with van der Waals surface area (Å²) in [5, 5.41) is 0.802. The molecule has 2 heterocycles. The number of hydrogen-bond donors (Lipinski definition) is 1. The second kappa shape index (κ2) is 9.26. The van der Waals surface area contributed by atoms with Crippen molar-refractivity contribution >= 4 is 32.5 Å². The van der Waals surface area contributed by atoms with E-state index in [1.807, 2.05) is 0 Å². The highest BCUT2D eigenvalue weighted by Gasteiger charge is 2.28. The average molecular weight is 513 g/mol. The molecule has 1 aliphatic rings. The molecular weight excluding hydrogens is 492 g/mol. The molecule has 0 aliphatic carbocycles. The molecule has 0 saturated carbocycles. The first-order chi connectivity index (χ1) is 16.8. The van der Waals surface area contributed by atoms with Crippen molar-refractivity contribution in [2.45, 2.75) is 18.0 Å². The highest BCUT2D eigenvalue weighted by atomic mass is 35.5. The number of rotatable bonds is 7. The molecule has 1 aliphatic heterocycles. The number of pyridine rings is 1. The maximum absolute atomic E-state index is 13.7. The Labute approximate surface area is 206 Å². The van der Waals surface area contributed by atoms with Crippen LogP contribution in [0.2, 0.25) is 5.02 Å². The molecule has 0 radical (unpaired) electrons. The number of nitrogens with one attached hydrogen (secondary N) is 1. The van der Waals surface area contributed by atoms with Crippen molar-refractivity contribution in [2.75, 3.05) is 13.9 Å². The van der Waals surface area contributed by atoms with Crippen LogP contribution in [0.4, 0.5) is 0 Å². The maximum atomic E-state index is 13.7. The van der Waals surface area contributed by atoms with Gasteiger partial charge in [0.1, 0.15) is 10.6 Å². The predicted molar refractivity (Wildman–Crippen MR) is 132 cm³/mol. The Balaban J connectivity index is 1.56. The van der Waals surface area contributed by atoms with E-state index >= 15 is 0 Å². The minimum atomic E-state index is -4.05. The standard InChI is InChI=1S/C25H21ClN2O6S/c1-32-19-8-6-16(7-9-19)13-28(35(30,31)24-5-3-2-4-20(24)26)14-18-10-17-11-22-23(34-15-33-22)12-21(17)27-25(18)29/h2-12H,13-15H2,1H3,(H,27,29). The smallest absolute Gasteiger partial charge is 0.252 e. The monoisotopic (exact) mass is 512 g/mol. The first-order valence-corrected chi connectivity index (χ1v) is 12.5. The zero-order chi connectivity index (χ0) is 24.6. The van der Waals surface area contributed by atoms with E-state index in [0.29, 0.717) is 28.2 Å². The van der Waals surface area contributed by atoms with Gasteiger partial charge in [0.15, 0.2) is 11.5 Å². The molecule has 0 fully saturated rings. The molecule has 10 heteroatoms. The van der Waals surface area contributed by atoms with Gasteiger partial charge in [-0.3, -0.25) is 4.79 Å². The van der Waals surface area contributed by atoms with Crippen LogP contribution in [-0.4, -0.2) is 31.6 Å². The summed E-state index contributed by atoms with van der Waals surface area (Å²) in [5.41, 5.74) is 1.17. The lowest BCUT2D eigenvalue weighted by atomic mass is 10.1. The SMILES string of the molecule is COc1ccc(CN(Cc2cc3cc4c(cc3[nH]c2=O)OCO4)S(=O)(=O)c2ccccc2Cl)cc1. The molecule has 0 saturated heterocycles. The molecule has 4 aromatic rings. The molecule has 0 amide bonds. The van der Waals surface area contributed by atoms with Crippen LogP contribution in [-0.2, 0) is 23.1 Å². The fraction of sp³-hybridized carbons (Fsp3) is 0.160. The Kier molecular flexibility index (Phi) is 6.14. The maximum Gasteiger partial charge on any atom is 0.252 e. The second-order valence-electron chi connectivity index (χ2n) is 7.97. The Bertz CT molecular complexity index is 1570. The summed E-state index contributed by atoms with van der Waals surface area (Å²) in [7, 11) is -2.49. The van der Waals surface area contributed by atoms with Gasteiger partial charge >= 0.3 is 0 Å². The van der Waals surface area contributed by atoms with E-state index in [9.17, 15) is 13.2 Å². The van der Waals surface area contributed by atoms with E-state index in [-0.39, 0.29) is 35.4 Å².